The summed E-state index contributed by atoms with van der Waals surface area (Å²) < 4.78 is 0. The van der Waals surface area contributed by atoms with Crippen molar-refractivity contribution in [2.75, 3.05) is 0 Å². The monoisotopic (exact) mass is 324 g/mol. The molecule has 124 valence electrons. The summed E-state index contributed by atoms with van der Waals surface area (Å²) in [4.78, 5) is 48.5. The van der Waals surface area contributed by atoms with Crippen LogP contribution in [0.4, 0.5) is 0 Å². The summed E-state index contributed by atoms with van der Waals surface area (Å²) in [5.74, 6) is -0.731. The number of fused-ring (bicyclic) bond motifs is 1. The van der Waals surface area contributed by atoms with E-state index in [0.29, 0.717) is 39.3 Å². The van der Waals surface area contributed by atoms with Gasteiger partial charge in [-0.3, -0.25) is 19.2 Å². The van der Waals surface area contributed by atoms with Crippen LogP contribution >= 0.6 is 0 Å². The average molecular weight is 324 g/mol. The fourth-order valence-electron chi connectivity index (χ4n) is 2.85. The van der Waals surface area contributed by atoms with Gasteiger partial charge in [-0.25, -0.2) is 0 Å². The van der Waals surface area contributed by atoms with Crippen LogP contribution in [0.15, 0.2) is 24.3 Å². The highest BCUT2D eigenvalue weighted by Gasteiger charge is 2.22. The lowest BCUT2D eigenvalue weighted by molar-refractivity contribution is 0.0938. The van der Waals surface area contributed by atoms with Crippen molar-refractivity contribution in [3.05, 3.63) is 46.5 Å². The van der Waals surface area contributed by atoms with Crippen molar-refractivity contribution in [3.8, 4) is 0 Å². The van der Waals surface area contributed by atoms with Gasteiger partial charge in [0.15, 0.2) is 23.6 Å². The van der Waals surface area contributed by atoms with Crippen LogP contribution in [-0.4, -0.2) is 23.6 Å². The van der Waals surface area contributed by atoms with Crippen LogP contribution in [0.5, 0.6) is 0 Å². The number of ketones is 3. The Balaban J connectivity index is 3.07. The van der Waals surface area contributed by atoms with Crippen LogP contribution in [0.2, 0.25) is 0 Å². The van der Waals surface area contributed by atoms with Gasteiger partial charge in [-0.05, 0) is 6.92 Å². The normalized spacial score (nSPS) is 10.9. The zero-order chi connectivity index (χ0) is 18.0. The van der Waals surface area contributed by atoms with Crippen LogP contribution in [0, 0.1) is 5.92 Å². The van der Waals surface area contributed by atoms with Crippen molar-refractivity contribution in [2.45, 2.75) is 34.1 Å². The maximum Gasteiger partial charge on any atom is 0.166 e. The van der Waals surface area contributed by atoms with E-state index in [0.717, 1.165) is 0 Å². The van der Waals surface area contributed by atoms with Crippen molar-refractivity contribution >= 4 is 34.4 Å². The fraction of sp³-hybridized carbons (Fsp3) is 0.300. The van der Waals surface area contributed by atoms with Gasteiger partial charge in [-0.15, -0.1) is 0 Å². The highest BCUT2D eigenvalue weighted by molar-refractivity contribution is 6.23. The minimum Gasteiger partial charge on any atom is -0.298 e. The molecule has 24 heavy (non-hydrogen) atoms. The molecule has 0 heterocycles. The molecular weight excluding hydrogens is 304 g/mol. The molecule has 0 saturated carbocycles. The zero-order valence-electron chi connectivity index (χ0n) is 14.3. The molecule has 2 rings (SSSR count). The molecule has 0 fully saturated rings. The third-order valence-electron chi connectivity index (χ3n) is 4.11. The summed E-state index contributed by atoms with van der Waals surface area (Å²) in [6.45, 7) is 6.69. The van der Waals surface area contributed by atoms with Crippen molar-refractivity contribution in [1.29, 1.82) is 0 Å². The Labute approximate surface area is 140 Å². The van der Waals surface area contributed by atoms with Gasteiger partial charge in [-0.2, -0.15) is 0 Å². The molecule has 0 atom stereocenters. The Kier molecular flexibility index (Phi) is 5.07. The largest absolute Gasteiger partial charge is 0.298 e. The second kappa shape index (κ2) is 6.87. The molecule has 0 amide bonds. The topological polar surface area (TPSA) is 68.3 Å². The van der Waals surface area contributed by atoms with Gasteiger partial charge in [-0.1, -0.05) is 45.0 Å². The lowest BCUT2D eigenvalue weighted by atomic mass is 9.86. The number of carbonyl (C=O) groups is 4. The van der Waals surface area contributed by atoms with E-state index < -0.39 is 0 Å². The molecule has 4 nitrogen and oxygen atoms in total. The van der Waals surface area contributed by atoms with Gasteiger partial charge < -0.3 is 0 Å². The van der Waals surface area contributed by atoms with E-state index in [1.807, 2.05) is 0 Å². The highest BCUT2D eigenvalue weighted by atomic mass is 16.1. The molecule has 0 aromatic heterocycles. The van der Waals surface area contributed by atoms with Gasteiger partial charge in [0, 0.05) is 45.4 Å². The second-order valence-electron chi connectivity index (χ2n) is 6.08. The van der Waals surface area contributed by atoms with Gasteiger partial charge in [0.1, 0.15) is 0 Å². The lowest BCUT2D eigenvalue weighted by Crippen LogP contribution is -2.12. The van der Waals surface area contributed by atoms with E-state index >= 15 is 0 Å². The van der Waals surface area contributed by atoms with Crippen LogP contribution in [0.3, 0.4) is 0 Å². The standard InChI is InChI=1S/C20H20O4/c1-5-17(23)15-8-9-16(20(24)11(2)3)19-14(12(4)22)7-6-13(10-21)18(15)19/h6-11H,5H2,1-4H3. The number of Topliss-reactive ketones (excluding diaryl/α,β-unsaturated/α-hetero) is 3. The molecule has 2 aromatic rings. The van der Waals surface area contributed by atoms with Crippen LogP contribution in [0.1, 0.15) is 75.5 Å². The quantitative estimate of drug-likeness (QED) is 0.587. The number of carbonyl (C=O) groups excluding carboxylic acids is 4. The molecule has 0 saturated heterocycles. The third-order valence-corrected chi connectivity index (χ3v) is 4.11. The Hall–Kier alpha value is -2.62. The van der Waals surface area contributed by atoms with Crippen LogP contribution < -0.4 is 0 Å². The van der Waals surface area contributed by atoms with E-state index in [9.17, 15) is 19.2 Å². The summed E-state index contributed by atoms with van der Waals surface area (Å²) in [5.41, 5.74) is 1.41. The number of aldehydes is 1. The minimum atomic E-state index is -0.263. The summed E-state index contributed by atoms with van der Waals surface area (Å²) in [6.07, 6.45) is 0.928. The molecular formula is C20H20O4. The van der Waals surface area contributed by atoms with E-state index in [2.05, 4.69) is 0 Å². The molecule has 0 aliphatic carbocycles. The predicted molar refractivity (Wildman–Crippen MR) is 93.1 cm³/mol. The van der Waals surface area contributed by atoms with Gasteiger partial charge in [0.2, 0.25) is 0 Å². The van der Waals surface area contributed by atoms with Gasteiger partial charge in [0.25, 0.3) is 0 Å². The fourth-order valence-corrected chi connectivity index (χ4v) is 2.85. The van der Waals surface area contributed by atoms with E-state index in [1.54, 1.807) is 39.0 Å². The second-order valence-corrected chi connectivity index (χ2v) is 6.08. The summed E-state index contributed by atoms with van der Waals surface area (Å²) in [5, 5.41) is 0.807. The zero-order valence-corrected chi connectivity index (χ0v) is 14.3. The highest BCUT2D eigenvalue weighted by Crippen LogP contribution is 2.31. The van der Waals surface area contributed by atoms with Crippen molar-refractivity contribution in [2.24, 2.45) is 5.92 Å². The molecule has 4 heteroatoms. The minimum absolute atomic E-state index is 0.124. The first kappa shape index (κ1) is 17.7. The molecule has 0 aliphatic heterocycles. The number of hydrogen-bond donors (Lipinski definition) is 0. The maximum atomic E-state index is 12.6. The summed E-state index contributed by atoms with van der Waals surface area (Å²) >= 11 is 0. The first-order chi connectivity index (χ1) is 11.3. The Bertz CT molecular complexity index is 860. The predicted octanol–water partition coefficient (Wildman–Crippen LogP) is 4.29. The third kappa shape index (κ3) is 2.92. The first-order valence-electron chi connectivity index (χ1n) is 7.96. The Morgan fingerprint density at radius 1 is 0.958 bits per heavy atom. The SMILES string of the molecule is CCC(=O)c1ccc(C(=O)C(C)C)c2c(C(C)=O)ccc(C=O)c12. The average Bonchev–Trinajstić information content (AvgIpc) is 2.57. The summed E-state index contributed by atoms with van der Waals surface area (Å²) in [6, 6.07) is 6.25. The van der Waals surface area contributed by atoms with Crippen LogP contribution in [-0.2, 0) is 0 Å². The van der Waals surface area contributed by atoms with Crippen molar-refractivity contribution in [3.63, 3.8) is 0 Å². The molecule has 0 bridgehead atoms. The van der Waals surface area contributed by atoms with Crippen molar-refractivity contribution in [1.82, 2.24) is 0 Å². The number of rotatable bonds is 6. The first-order valence-corrected chi connectivity index (χ1v) is 7.96. The Morgan fingerprint density at radius 2 is 1.54 bits per heavy atom. The van der Waals surface area contributed by atoms with Crippen molar-refractivity contribution < 1.29 is 19.2 Å². The molecule has 0 N–H and O–H groups in total. The number of hydrogen-bond acceptors (Lipinski definition) is 4. The number of benzene rings is 2. The molecule has 0 unspecified atom stereocenters. The van der Waals surface area contributed by atoms with E-state index in [-0.39, 0.29) is 29.7 Å². The maximum absolute atomic E-state index is 12.6. The smallest absolute Gasteiger partial charge is 0.166 e. The van der Waals surface area contributed by atoms with E-state index in [4.69, 9.17) is 0 Å². The van der Waals surface area contributed by atoms with Gasteiger partial charge in [0.05, 0.1) is 0 Å². The van der Waals surface area contributed by atoms with E-state index in [1.165, 1.54) is 13.0 Å². The molecule has 0 aliphatic rings. The Morgan fingerprint density at radius 3 is 2.04 bits per heavy atom. The summed E-state index contributed by atoms with van der Waals surface area (Å²) in [7, 11) is 0. The molecule has 0 spiro atoms. The molecule has 2 aromatic carbocycles. The van der Waals surface area contributed by atoms with Gasteiger partial charge >= 0.3 is 0 Å². The van der Waals surface area contributed by atoms with Crippen LogP contribution in [0.25, 0.3) is 10.8 Å². The molecule has 0 radical (unpaired) electrons. The lowest BCUT2D eigenvalue weighted by Gasteiger charge is -2.15.